The predicted octanol–water partition coefficient (Wildman–Crippen LogP) is 4.78. The van der Waals surface area contributed by atoms with E-state index in [1.165, 1.54) is 5.39 Å². The number of cyclic esters (lactones) is 1. The van der Waals surface area contributed by atoms with Gasteiger partial charge in [0, 0.05) is 5.57 Å². The van der Waals surface area contributed by atoms with E-state index in [1.54, 1.807) is 0 Å². The Morgan fingerprint density at radius 1 is 0.783 bits per heavy atom. The van der Waals surface area contributed by atoms with E-state index in [2.05, 4.69) is 30.8 Å². The van der Waals surface area contributed by atoms with Crippen molar-refractivity contribution in [3.05, 3.63) is 96.1 Å². The zero-order valence-electron chi connectivity index (χ0n) is 12.6. The van der Waals surface area contributed by atoms with Gasteiger partial charge in [-0.15, -0.1) is 0 Å². The molecule has 4 rings (SSSR count). The van der Waals surface area contributed by atoms with E-state index in [4.69, 9.17) is 4.74 Å². The largest absolute Gasteiger partial charge is 0.453 e. The zero-order valence-corrected chi connectivity index (χ0v) is 12.6. The predicted molar refractivity (Wildman–Crippen MR) is 91.1 cm³/mol. The lowest BCUT2D eigenvalue weighted by Gasteiger charge is -2.19. The fraction of sp³-hybridized carbons (Fsp3) is 0.0952. The third-order valence-corrected chi connectivity index (χ3v) is 4.44. The number of hydrogen-bond acceptors (Lipinski definition) is 2. The molecule has 0 aromatic heterocycles. The Hall–Kier alpha value is -2.87. The minimum absolute atomic E-state index is 0.134. The highest BCUT2D eigenvalue weighted by Gasteiger charge is 2.40. The molecule has 1 saturated heterocycles. The highest BCUT2D eigenvalue weighted by atomic mass is 16.6. The second kappa shape index (κ2) is 5.40. The van der Waals surface area contributed by atoms with Crippen LogP contribution in [0.2, 0.25) is 0 Å². The lowest BCUT2D eigenvalue weighted by atomic mass is 9.85. The van der Waals surface area contributed by atoms with Gasteiger partial charge >= 0.3 is 5.97 Å². The minimum atomic E-state index is -0.318. The van der Waals surface area contributed by atoms with Crippen LogP contribution in [0.3, 0.4) is 0 Å². The summed E-state index contributed by atoms with van der Waals surface area (Å²) in [4.78, 5) is 12.1. The molecular formula is C21H16O2. The first kappa shape index (κ1) is 13.8. The number of carbonyl (C=O) groups excluding carboxylic acids is 1. The summed E-state index contributed by atoms with van der Waals surface area (Å²) < 4.78 is 5.64. The van der Waals surface area contributed by atoms with Crippen LogP contribution in [-0.4, -0.2) is 5.97 Å². The summed E-state index contributed by atoms with van der Waals surface area (Å²) in [5, 5.41) is 2.32. The van der Waals surface area contributed by atoms with Crippen LogP contribution in [0.1, 0.15) is 23.1 Å². The van der Waals surface area contributed by atoms with E-state index in [0.29, 0.717) is 5.57 Å². The summed E-state index contributed by atoms with van der Waals surface area (Å²) in [5.74, 6) is -0.443. The Bertz CT molecular complexity index is 896. The molecule has 23 heavy (non-hydrogen) atoms. The molecule has 3 aromatic rings. The Labute approximate surface area is 135 Å². The second-order valence-electron chi connectivity index (χ2n) is 5.85. The minimum Gasteiger partial charge on any atom is -0.453 e. The van der Waals surface area contributed by atoms with Crippen LogP contribution >= 0.6 is 0 Å². The summed E-state index contributed by atoms with van der Waals surface area (Å²) in [5.41, 5.74) is 2.58. The third-order valence-electron chi connectivity index (χ3n) is 4.44. The van der Waals surface area contributed by atoms with Gasteiger partial charge in [-0.3, -0.25) is 0 Å². The third kappa shape index (κ3) is 2.33. The average Bonchev–Trinajstić information content (AvgIpc) is 2.90. The van der Waals surface area contributed by atoms with Crippen molar-refractivity contribution in [3.63, 3.8) is 0 Å². The van der Waals surface area contributed by atoms with Crippen LogP contribution in [0.4, 0.5) is 0 Å². The summed E-state index contributed by atoms with van der Waals surface area (Å²) in [6.45, 7) is 3.96. The van der Waals surface area contributed by atoms with E-state index < -0.39 is 0 Å². The monoisotopic (exact) mass is 300 g/mol. The number of esters is 1. The van der Waals surface area contributed by atoms with E-state index in [1.807, 2.05) is 48.5 Å². The van der Waals surface area contributed by atoms with Crippen LogP contribution in [-0.2, 0) is 9.53 Å². The molecule has 0 spiro atoms. The topological polar surface area (TPSA) is 26.3 Å². The molecule has 0 amide bonds. The maximum atomic E-state index is 12.1. The van der Waals surface area contributed by atoms with Crippen molar-refractivity contribution < 1.29 is 9.53 Å². The summed E-state index contributed by atoms with van der Waals surface area (Å²) in [6, 6.07) is 24.3. The quantitative estimate of drug-likeness (QED) is 0.503. The number of benzene rings is 3. The average molecular weight is 300 g/mol. The van der Waals surface area contributed by atoms with E-state index in [0.717, 1.165) is 16.5 Å². The van der Waals surface area contributed by atoms with Crippen molar-refractivity contribution in [2.24, 2.45) is 0 Å². The Morgan fingerprint density at radius 3 is 2.26 bits per heavy atom. The summed E-state index contributed by atoms with van der Waals surface area (Å²) in [7, 11) is 0. The molecule has 0 saturated carbocycles. The molecule has 2 nitrogen and oxygen atoms in total. The van der Waals surface area contributed by atoms with Crippen molar-refractivity contribution in [3.8, 4) is 0 Å². The van der Waals surface area contributed by atoms with Crippen molar-refractivity contribution in [2.75, 3.05) is 0 Å². The molecule has 1 heterocycles. The second-order valence-corrected chi connectivity index (χ2v) is 5.85. The highest BCUT2D eigenvalue weighted by molar-refractivity contribution is 5.93. The first-order valence-corrected chi connectivity index (χ1v) is 7.67. The van der Waals surface area contributed by atoms with Crippen molar-refractivity contribution in [2.45, 2.75) is 12.0 Å². The van der Waals surface area contributed by atoms with Gasteiger partial charge in [0.1, 0.15) is 6.10 Å². The number of rotatable bonds is 2. The van der Waals surface area contributed by atoms with Crippen molar-refractivity contribution in [1.82, 2.24) is 0 Å². The molecule has 1 aliphatic heterocycles. The van der Waals surface area contributed by atoms with Crippen LogP contribution in [0, 0.1) is 0 Å². The summed E-state index contributed by atoms with van der Waals surface area (Å²) >= 11 is 0. The van der Waals surface area contributed by atoms with Crippen LogP contribution in [0.5, 0.6) is 0 Å². The molecule has 0 unspecified atom stereocenters. The first-order valence-electron chi connectivity index (χ1n) is 7.67. The van der Waals surface area contributed by atoms with Gasteiger partial charge in [0.15, 0.2) is 0 Å². The Kier molecular flexibility index (Phi) is 3.23. The Balaban J connectivity index is 1.81. The zero-order chi connectivity index (χ0) is 15.8. The first-order chi connectivity index (χ1) is 11.2. The van der Waals surface area contributed by atoms with Gasteiger partial charge < -0.3 is 4.74 Å². The fourth-order valence-electron chi connectivity index (χ4n) is 3.25. The molecule has 112 valence electrons. The molecule has 3 aromatic carbocycles. The number of fused-ring (bicyclic) bond motifs is 1. The lowest BCUT2D eigenvalue weighted by Crippen LogP contribution is -2.07. The van der Waals surface area contributed by atoms with Gasteiger partial charge in [0.25, 0.3) is 0 Å². The molecular weight excluding hydrogens is 284 g/mol. The number of ether oxygens (including phenoxy) is 1. The van der Waals surface area contributed by atoms with Gasteiger partial charge in [0.2, 0.25) is 0 Å². The number of carbonyl (C=O) groups is 1. The van der Waals surface area contributed by atoms with Crippen molar-refractivity contribution in [1.29, 1.82) is 0 Å². The van der Waals surface area contributed by atoms with Gasteiger partial charge in [0.05, 0.1) is 5.92 Å². The highest BCUT2D eigenvalue weighted by Crippen LogP contribution is 2.45. The maximum Gasteiger partial charge on any atom is 0.334 e. The van der Waals surface area contributed by atoms with Crippen molar-refractivity contribution >= 4 is 16.7 Å². The maximum absolute atomic E-state index is 12.1. The molecule has 0 N–H and O–H groups in total. The van der Waals surface area contributed by atoms with Gasteiger partial charge in [-0.2, -0.15) is 0 Å². The molecule has 1 fully saturated rings. The van der Waals surface area contributed by atoms with Crippen LogP contribution in [0.25, 0.3) is 10.8 Å². The molecule has 0 radical (unpaired) electrons. The van der Waals surface area contributed by atoms with Crippen LogP contribution < -0.4 is 0 Å². The standard InChI is InChI=1S/C21H16O2/c1-14-19(16-8-3-2-4-9-16)20(23-21(14)22)18-12-11-15-7-5-6-10-17(15)13-18/h2-13,19-20H,1H2/t19-,20+/m1/s1. The normalized spacial score (nSPS) is 20.7. The molecule has 1 aliphatic rings. The molecule has 0 aliphatic carbocycles. The summed E-state index contributed by atoms with van der Waals surface area (Å²) in [6.07, 6.45) is -0.318. The van der Waals surface area contributed by atoms with Gasteiger partial charge in [-0.25, -0.2) is 4.79 Å². The lowest BCUT2D eigenvalue weighted by molar-refractivity contribution is -0.139. The van der Waals surface area contributed by atoms with Gasteiger partial charge in [-0.05, 0) is 28.0 Å². The smallest absolute Gasteiger partial charge is 0.334 e. The van der Waals surface area contributed by atoms with E-state index >= 15 is 0 Å². The molecule has 2 heteroatoms. The fourth-order valence-corrected chi connectivity index (χ4v) is 3.25. The van der Waals surface area contributed by atoms with Gasteiger partial charge in [-0.1, -0.05) is 73.3 Å². The van der Waals surface area contributed by atoms with E-state index in [9.17, 15) is 4.79 Å². The van der Waals surface area contributed by atoms with Crippen LogP contribution in [0.15, 0.2) is 84.9 Å². The SMILES string of the molecule is C=C1C(=O)O[C@@H](c2ccc3ccccc3c2)[C@H]1c1ccccc1. The molecule has 0 bridgehead atoms. The van der Waals surface area contributed by atoms with E-state index in [-0.39, 0.29) is 18.0 Å². The molecule has 2 atom stereocenters. The Morgan fingerprint density at radius 2 is 1.48 bits per heavy atom. The number of hydrogen-bond donors (Lipinski definition) is 0.